The molecule has 0 heterocycles. The van der Waals surface area contributed by atoms with Crippen molar-refractivity contribution >= 4 is 11.8 Å². The summed E-state index contributed by atoms with van der Waals surface area (Å²) in [5.74, 6) is -1.81. The number of carboxylic acid groups (broad SMARTS) is 1. The van der Waals surface area contributed by atoms with Crippen molar-refractivity contribution in [1.29, 1.82) is 0 Å². The van der Waals surface area contributed by atoms with Crippen LogP contribution in [0.4, 0.5) is 0 Å². The van der Waals surface area contributed by atoms with Gasteiger partial charge in [-0.05, 0) is 6.08 Å². The number of ketones is 1. The molecule has 0 atom stereocenters. The lowest BCUT2D eigenvalue weighted by Crippen LogP contribution is -1.97. The third-order valence-corrected chi connectivity index (χ3v) is 1.52. The Hall–Kier alpha value is -2.10. The maximum absolute atomic E-state index is 11.2. The largest absolute Gasteiger partial charge is 0.872 e. The second kappa shape index (κ2) is 4.23. The lowest BCUT2D eigenvalue weighted by Gasteiger charge is -2.03. The molecule has 0 saturated heterocycles. The van der Waals surface area contributed by atoms with Gasteiger partial charge in [-0.25, -0.2) is 4.79 Å². The monoisotopic (exact) mass is 191 g/mol. The van der Waals surface area contributed by atoms with Crippen LogP contribution in [0.3, 0.4) is 0 Å². The molecule has 1 rings (SSSR count). The van der Waals surface area contributed by atoms with Gasteiger partial charge in [0, 0.05) is 11.6 Å². The van der Waals surface area contributed by atoms with Crippen molar-refractivity contribution in [3.8, 4) is 5.75 Å². The van der Waals surface area contributed by atoms with Crippen LogP contribution in [-0.4, -0.2) is 16.9 Å². The van der Waals surface area contributed by atoms with Crippen molar-refractivity contribution in [3.63, 3.8) is 0 Å². The molecule has 0 aliphatic rings. The summed E-state index contributed by atoms with van der Waals surface area (Å²) >= 11 is 0. The number of carbonyl (C=O) groups is 2. The van der Waals surface area contributed by atoms with Crippen molar-refractivity contribution in [1.82, 2.24) is 0 Å². The van der Waals surface area contributed by atoms with E-state index in [4.69, 9.17) is 5.11 Å². The standard InChI is InChI=1S/C10H8O4/c11-8-3-1-7(2-4-8)9(12)5-6-10(13)14/h1-6,11H,(H,13,14)/p-1/b6-5+. The molecule has 1 aromatic carbocycles. The van der Waals surface area contributed by atoms with Gasteiger partial charge in [0.25, 0.3) is 0 Å². The zero-order valence-electron chi connectivity index (χ0n) is 7.14. The first-order valence-electron chi connectivity index (χ1n) is 3.82. The van der Waals surface area contributed by atoms with E-state index in [-0.39, 0.29) is 5.75 Å². The van der Waals surface area contributed by atoms with Crippen LogP contribution in [0.2, 0.25) is 0 Å². The smallest absolute Gasteiger partial charge is 0.328 e. The van der Waals surface area contributed by atoms with Crippen LogP contribution in [0.5, 0.6) is 5.75 Å². The number of carboxylic acids is 1. The number of allylic oxidation sites excluding steroid dienone is 1. The molecule has 72 valence electrons. The lowest BCUT2D eigenvalue weighted by atomic mass is 10.1. The van der Waals surface area contributed by atoms with Crippen LogP contribution < -0.4 is 5.11 Å². The average molecular weight is 191 g/mol. The molecular formula is C10H7O4-. The Balaban J connectivity index is 2.80. The Morgan fingerprint density at radius 2 is 1.71 bits per heavy atom. The summed E-state index contributed by atoms with van der Waals surface area (Å²) in [6.07, 6.45) is 1.70. The van der Waals surface area contributed by atoms with E-state index in [0.717, 1.165) is 12.2 Å². The van der Waals surface area contributed by atoms with Crippen LogP contribution in [0.1, 0.15) is 10.4 Å². The Labute approximate surface area is 80.1 Å². The summed E-state index contributed by atoms with van der Waals surface area (Å²) in [5, 5.41) is 19.0. The number of hydrogen-bond donors (Lipinski definition) is 1. The summed E-state index contributed by atoms with van der Waals surface area (Å²) in [5.41, 5.74) is 0.294. The van der Waals surface area contributed by atoms with E-state index in [9.17, 15) is 14.7 Å². The van der Waals surface area contributed by atoms with Gasteiger partial charge < -0.3 is 10.2 Å². The van der Waals surface area contributed by atoms with Crippen LogP contribution in [-0.2, 0) is 4.79 Å². The quantitative estimate of drug-likeness (QED) is 0.560. The summed E-state index contributed by atoms with van der Waals surface area (Å²) in [6.45, 7) is 0. The van der Waals surface area contributed by atoms with E-state index in [1.807, 2.05) is 0 Å². The minimum Gasteiger partial charge on any atom is -0.872 e. The summed E-state index contributed by atoms with van der Waals surface area (Å²) < 4.78 is 0. The predicted molar refractivity (Wildman–Crippen MR) is 47.0 cm³/mol. The molecule has 1 N–H and O–H groups in total. The van der Waals surface area contributed by atoms with Crippen molar-refractivity contribution in [2.75, 3.05) is 0 Å². The third-order valence-electron chi connectivity index (χ3n) is 1.52. The van der Waals surface area contributed by atoms with E-state index in [1.54, 1.807) is 0 Å². The Bertz CT molecular complexity index is 376. The molecule has 0 fully saturated rings. The van der Waals surface area contributed by atoms with E-state index in [1.165, 1.54) is 24.3 Å². The zero-order valence-corrected chi connectivity index (χ0v) is 7.14. The highest BCUT2D eigenvalue weighted by atomic mass is 16.4. The fraction of sp³-hybridized carbons (Fsp3) is 0. The molecule has 4 nitrogen and oxygen atoms in total. The van der Waals surface area contributed by atoms with Gasteiger partial charge in [-0.2, -0.15) is 0 Å². The van der Waals surface area contributed by atoms with Gasteiger partial charge in [0.05, 0.1) is 0 Å². The first-order chi connectivity index (χ1) is 6.59. The molecule has 0 bridgehead atoms. The van der Waals surface area contributed by atoms with E-state index in [0.29, 0.717) is 5.56 Å². The normalized spacial score (nSPS) is 10.3. The molecule has 0 radical (unpaired) electrons. The number of benzene rings is 1. The van der Waals surface area contributed by atoms with Gasteiger partial charge in [-0.3, -0.25) is 4.79 Å². The zero-order chi connectivity index (χ0) is 10.6. The maximum atomic E-state index is 11.2. The summed E-state index contributed by atoms with van der Waals surface area (Å²) in [7, 11) is 0. The minimum atomic E-state index is -1.18. The number of rotatable bonds is 3. The molecule has 0 unspecified atom stereocenters. The molecule has 0 aliphatic carbocycles. The Morgan fingerprint density at radius 3 is 2.21 bits per heavy atom. The predicted octanol–water partition coefficient (Wildman–Crippen LogP) is 0.584. The van der Waals surface area contributed by atoms with Gasteiger partial charge in [0.1, 0.15) is 0 Å². The first kappa shape index (κ1) is 9.98. The average Bonchev–Trinajstić information content (AvgIpc) is 2.15. The molecule has 0 amide bonds. The molecular weight excluding hydrogens is 184 g/mol. The first-order valence-corrected chi connectivity index (χ1v) is 3.82. The van der Waals surface area contributed by atoms with Gasteiger partial charge in [-0.15, -0.1) is 5.75 Å². The molecule has 0 aliphatic heterocycles. The fourth-order valence-corrected chi connectivity index (χ4v) is 0.862. The van der Waals surface area contributed by atoms with Crippen LogP contribution in [0.15, 0.2) is 36.4 Å². The van der Waals surface area contributed by atoms with Gasteiger partial charge >= 0.3 is 5.97 Å². The van der Waals surface area contributed by atoms with Crippen molar-refractivity contribution in [2.24, 2.45) is 0 Å². The topological polar surface area (TPSA) is 77.4 Å². The van der Waals surface area contributed by atoms with Crippen LogP contribution >= 0.6 is 0 Å². The highest BCUT2D eigenvalue weighted by molar-refractivity contribution is 6.06. The lowest BCUT2D eigenvalue weighted by molar-refractivity contribution is -0.268. The molecule has 0 aromatic heterocycles. The van der Waals surface area contributed by atoms with Crippen LogP contribution in [0, 0.1) is 0 Å². The highest BCUT2D eigenvalue weighted by Crippen LogP contribution is 2.07. The fourth-order valence-electron chi connectivity index (χ4n) is 0.862. The second-order valence-corrected chi connectivity index (χ2v) is 2.56. The summed E-state index contributed by atoms with van der Waals surface area (Å²) in [4.78, 5) is 21.3. The SMILES string of the molecule is O=C(O)/C=C/C(=O)c1ccc([O-])cc1. The third kappa shape index (κ3) is 2.75. The highest BCUT2D eigenvalue weighted by Gasteiger charge is 2.00. The van der Waals surface area contributed by atoms with Gasteiger partial charge in [0.2, 0.25) is 0 Å². The number of hydrogen-bond acceptors (Lipinski definition) is 3. The number of aliphatic carboxylic acids is 1. The van der Waals surface area contributed by atoms with E-state index < -0.39 is 11.8 Å². The molecule has 14 heavy (non-hydrogen) atoms. The molecule has 1 aromatic rings. The second-order valence-electron chi connectivity index (χ2n) is 2.56. The molecule has 4 heteroatoms. The van der Waals surface area contributed by atoms with E-state index >= 15 is 0 Å². The van der Waals surface area contributed by atoms with Gasteiger partial charge in [-0.1, -0.05) is 24.3 Å². The number of carbonyl (C=O) groups excluding carboxylic acids is 1. The molecule has 0 saturated carbocycles. The van der Waals surface area contributed by atoms with Crippen molar-refractivity contribution in [3.05, 3.63) is 42.0 Å². The van der Waals surface area contributed by atoms with E-state index in [2.05, 4.69) is 0 Å². The van der Waals surface area contributed by atoms with Crippen LogP contribution in [0.25, 0.3) is 0 Å². The maximum Gasteiger partial charge on any atom is 0.328 e. The Morgan fingerprint density at radius 1 is 1.14 bits per heavy atom. The molecule has 0 spiro atoms. The summed E-state index contributed by atoms with van der Waals surface area (Å²) in [6, 6.07) is 5.22. The minimum absolute atomic E-state index is 0.191. The van der Waals surface area contributed by atoms with Gasteiger partial charge in [0.15, 0.2) is 5.78 Å². The van der Waals surface area contributed by atoms with Crippen molar-refractivity contribution < 1.29 is 19.8 Å². The van der Waals surface area contributed by atoms with Crippen molar-refractivity contribution in [2.45, 2.75) is 0 Å². The Kier molecular flexibility index (Phi) is 3.01.